The largest absolute Gasteiger partial charge is 0.462 e. The van der Waals surface area contributed by atoms with Gasteiger partial charge in [0.2, 0.25) is 5.91 Å². The van der Waals surface area contributed by atoms with Gasteiger partial charge in [-0.05, 0) is 12.1 Å². The highest BCUT2D eigenvalue weighted by Crippen LogP contribution is 2.35. The third-order valence-electron chi connectivity index (χ3n) is 4.95. The van der Waals surface area contributed by atoms with Crippen LogP contribution in [0.3, 0.4) is 0 Å². The Morgan fingerprint density at radius 2 is 1.49 bits per heavy atom. The van der Waals surface area contributed by atoms with Crippen molar-refractivity contribution < 1.29 is 47.7 Å². The zero-order valence-electron chi connectivity index (χ0n) is 20.0. The van der Waals surface area contributed by atoms with E-state index in [0.29, 0.717) is 10.6 Å². The molecule has 11 nitrogen and oxygen atoms in total. The summed E-state index contributed by atoms with van der Waals surface area (Å²) < 4.78 is 27.2. The third-order valence-corrected chi connectivity index (χ3v) is 5.20. The molecule has 1 aromatic carbocycles. The minimum absolute atomic E-state index is 0.0430. The molecule has 0 spiro atoms. The van der Waals surface area contributed by atoms with Crippen molar-refractivity contribution >= 4 is 41.4 Å². The Labute approximate surface area is 207 Å². The van der Waals surface area contributed by atoms with E-state index in [1.54, 1.807) is 24.3 Å². The summed E-state index contributed by atoms with van der Waals surface area (Å²) in [5, 5.41) is 0.486. The van der Waals surface area contributed by atoms with Crippen LogP contribution >= 0.6 is 11.6 Å². The van der Waals surface area contributed by atoms with Gasteiger partial charge in [-0.3, -0.25) is 24.0 Å². The number of ether oxygens (including phenoxy) is 5. The maximum absolute atomic E-state index is 12.4. The monoisotopic (exact) mass is 513 g/mol. The van der Waals surface area contributed by atoms with E-state index < -0.39 is 61.1 Å². The molecule has 1 amide bonds. The predicted molar refractivity (Wildman–Crippen MR) is 120 cm³/mol. The lowest BCUT2D eigenvalue weighted by Gasteiger charge is -2.34. The molecule has 1 saturated heterocycles. The summed E-state index contributed by atoms with van der Waals surface area (Å²) in [6, 6.07) is 6.62. The fraction of sp³-hybridized carbons (Fsp3) is 0.522. The molecular formula is C23H28ClNO10. The molecule has 0 unspecified atom stereocenters. The van der Waals surface area contributed by atoms with Gasteiger partial charge >= 0.3 is 23.9 Å². The summed E-state index contributed by atoms with van der Waals surface area (Å²) in [5.41, 5.74) is 0.606. The maximum Gasteiger partial charge on any atom is 0.303 e. The summed E-state index contributed by atoms with van der Waals surface area (Å²) in [6.45, 7) is 5.35. The SMILES string of the molecule is CC(=O)OC[C@@H](OC(C)=O)[C@@H](OC(C)=O)[C@H](OC(C)=O)[C@@H]1CN(C(C)=O)[C@H](c2ccc(Cl)cc2)O1. The number of hydrogen-bond acceptors (Lipinski definition) is 10. The summed E-state index contributed by atoms with van der Waals surface area (Å²) in [5.74, 6) is -3.26. The van der Waals surface area contributed by atoms with E-state index in [1.807, 2.05) is 0 Å². The van der Waals surface area contributed by atoms with Crippen LogP contribution in [0.15, 0.2) is 24.3 Å². The highest BCUT2D eigenvalue weighted by molar-refractivity contribution is 6.30. The molecule has 1 fully saturated rings. The summed E-state index contributed by atoms with van der Waals surface area (Å²) in [6.07, 6.45) is -5.92. The van der Waals surface area contributed by atoms with Crippen molar-refractivity contribution in [3.63, 3.8) is 0 Å². The number of carbonyl (C=O) groups excluding carboxylic acids is 5. The zero-order valence-corrected chi connectivity index (χ0v) is 20.8. The van der Waals surface area contributed by atoms with Crippen molar-refractivity contribution in [1.29, 1.82) is 0 Å². The fourth-order valence-electron chi connectivity index (χ4n) is 3.63. The summed E-state index contributed by atoms with van der Waals surface area (Å²) >= 11 is 5.97. The van der Waals surface area contributed by atoms with Gasteiger partial charge in [0.05, 0.1) is 6.54 Å². The Morgan fingerprint density at radius 1 is 0.914 bits per heavy atom. The average molecular weight is 514 g/mol. The number of amides is 1. The zero-order chi connectivity index (χ0) is 26.3. The van der Waals surface area contributed by atoms with Crippen molar-refractivity contribution in [1.82, 2.24) is 4.90 Å². The molecule has 1 heterocycles. The van der Waals surface area contributed by atoms with Gasteiger partial charge in [-0.1, -0.05) is 23.7 Å². The molecule has 12 heteroatoms. The second kappa shape index (κ2) is 12.5. The Balaban J connectivity index is 2.47. The van der Waals surface area contributed by atoms with E-state index in [9.17, 15) is 24.0 Å². The molecule has 192 valence electrons. The lowest BCUT2D eigenvalue weighted by Crippen LogP contribution is -2.53. The topological polar surface area (TPSA) is 135 Å². The van der Waals surface area contributed by atoms with Crippen LogP contribution in [0.25, 0.3) is 0 Å². The van der Waals surface area contributed by atoms with Crippen LogP contribution in [0.4, 0.5) is 0 Å². The molecule has 0 radical (unpaired) electrons. The molecule has 0 aliphatic carbocycles. The number of benzene rings is 1. The first-order chi connectivity index (χ1) is 16.4. The first-order valence-corrected chi connectivity index (χ1v) is 11.1. The first kappa shape index (κ1) is 28.1. The number of rotatable bonds is 9. The minimum atomic E-state index is -1.41. The van der Waals surface area contributed by atoms with Gasteiger partial charge in [0.15, 0.2) is 24.5 Å². The van der Waals surface area contributed by atoms with Crippen molar-refractivity contribution in [2.75, 3.05) is 13.2 Å². The van der Waals surface area contributed by atoms with Gasteiger partial charge in [0, 0.05) is 45.2 Å². The lowest BCUT2D eigenvalue weighted by atomic mass is 10.0. The summed E-state index contributed by atoms with van der Waals surface area (Å²) in [4.78, 5) is 60.9. The average Bonchev–Trinajstić information content (AvgIpc) is 3.19. The number of halogens is 1. The normalized spacial score (nSPS) is 19.8. The van der Waals surface area contributed by atoms with Crippen LogP contribution in [0.5, 0.6) is 0 Å². The van der Waals surface area contributed by atoms with Gasteiger partial charge in [-0.15, -0.1) is 0 Å². The van der Waals surface area contributed by atoms with E-state index >= 15 is 0 Å². The van der Waals surface area contributed by atoms with E-state index in [4.69, 9.17) is 35.3 Å². The van der Waals surface area contributed by atoms with Crippen LogP contribution in [-0.4, -0.2) is 72.3 Å². The van der Waals surface area contributed by atoms with Crippen LogP contribution in [0.2, 0.25) is 5.02 Å². The second-order valence-corrected chi connectivity index (χ2v) is 8.28. The van der Waals surface area contributed by atoms with Gasteiger partial charge in [-0.25, -0.2) is 0 Å². The number of hydrogen-bond donors (Lipinski definition) is 0. The molecule has 1 aliphatic heterocycles. The molecule has 0 saturated carbocycles. The quantitative estimate of drug-likeness (QED) is 0.356. The summed E-state index contributed by atoms with van der Waals surface area (Å²) in [7, 11) is 0. The predicted octanol–water partition coefficient (Wildman–Crippen LogP) is 1.94. The second-order valence-electron chi connectivity index (χ2n) is 7.85. The molecular weight excluding hydrogens is 486 g/mol. The van der Waals surface area contributed by atoms with Crippen LogP contribution in [0.1, 0.15) is 46.4 Å². The number of nitrogens with zero attached hydrogens (tertiary/aromatic N) is 1. The number of esters is 4. The highest BCUT2D eigenvalue weighted by Gasteiger charge is 2.48. The van der Waals surface area contributed by atoms with Gasteiger partial charge in [0.25, 0.3) is 0 Å². The maximum atomic E-state index is 12.4. The smallest absolute Gasteiger partial charge is 0.303 e. The van der Waals surface area contributed by atoms with Crippen LogP contribution in [0, 0.1) is 0 Å². The standard InChI is InChI=1S/C23H28ClNO10/c1-12(26)25-10-19(35-23(25)17-6-8-18(24)9-7-17)21(33-15(4)29)22(34-16(5)30)20(32-14(3)28)11-31-13(2)27/h6-9,19-23H,10-11H2,1-5H3/t19-,20+,21+,22+,23-/m0/s1. The Bertz CT molecular complexity index is 950. The molecule has 1 aliphatic rings. The fourth-order valence-corrected chi connectivity index (χ4v) is 3.76. The van der Waals surface area contributed by atoms with Crippen molar-refractivity contribution in [2.45, 2.75) is 65.3 Å². The molecule has 1 aromatic rings. The Morgan fingerprint density at radius 3 is 1.97 bits per heavy atom. The van der Waals surface area contributed by atoms with Crippen molar-refractivity contribution in [3.05, 3.63) is 34.9 Å². The molecule has 0 bridgehead atoms. The first-order valence-electron chi connectivity index (χ1n) is 10.7. The van der Waals surface area contributed by atoms with E-state index in [0.717, 1.165) is 27.7 Å². The molecule has 0 N–H and O–H groups in total. The Kier molecular flexibility index (Phi) is 10.0. The van der Waals surface area contributed by atoms with Gasteiger partial charge in [0.1, 0.15) is 12.7 Å². The molecule has 0 aromatic heterocycles. The van der Waals surface area contributed by atoms with Crippen LogP contribution < -0.4 is 0 Å². The Hall–Kier alpha value is -3.18. The van der Waals surface area contributed by atoms with Crippen molar-refractivity contribution in [2.24, 2.45) is 0 Å². The molecule has 2 rings (SSSR count). The van der Waals surface area contributed by atoms with E-state index in [2.05, 4.69) is 0 Å². The van der Waals surface area contributed by atoms with E-state index in [-0.39, 0.29) is 12.5 Å². The van der Waals surface area contributed by atoms with E-state index in [1.165, 1.54) is 11.8 Å². The van der Waals surface area contributed by atoms with Gasteiger partial charge in [-0.2, -0.15) is 0 Å². The van der Waals surface area contributed by atoms with Gasteiger partial charge < -0.3 is 28.6 Å². The third kappa shape index (κ3) is 8.22. The molecule has 35 heavy (non-hydrogen) atoms. The molecule has 5 atom stereocenters. The van der Waals surface area contributed by atoms with Crippen LogP contribution in [-0.2, 0) is 47.7 Å². The van der Waals surface area contributed by atoms with Crippen molar-refractivity contribution in [3.8, 4) is 0 Å². The highest BCUT2D eigenvalue weighted by atomic mass is 35.5. The minimum Gasteiger partial charge on any atom is -0.462 e. The number of carbonyl (C=O) groups is 5. The lowest BCUT2D eigenvalue weighted by molar-refractivity contribution is -0.200.